The zero-order valence-electron chi connectivity index (χ0n) is 8.72. The number of amides is 1. The van der Waals surface area contributed by atoms with Crippen LogP contribution in [0.15, 0.2) is 47.5 Å². The van der Waals surface area contributed by atoms with Crippen LogP contribution in [-0.2, 0) is 0 Å². The first-order chi connectivity index (χ1) is 8.16. The van der Waals surface area contributed by atoms with Crippen molar-refractivity contribution in [1.29, 1.82) is 0 Å². The summed E-state index contributed by atoms with van der Waals surface area (Å²) in [4.78, 5) is 16.4. The van der Waals surface area contributed by atoms with E-state index < -0.39 is 0 Å². The lowest BCUT2D eigenvalue weighted by molar-refractivity contribution is 0.102. The average Bonchev–Trinajstić information content (AvgIpc) is 2.35. The first-order valence-corrected chi connectivity index (χ1v) is 5.70. The van der Waals surface area contributed by atoms with E-state index >= 15 is 0 Å². The molecule has 1 heterocycles. The van der Waals surface area contributed by atoms with Crippen molar-refractivity contribution in [3.05, 3.63) is 53.3 Å². The summed E-state index contributed by atoms with van der Waals surface area (Å²) in [5.74, 6) is -0.263. The van der Waals surface area contributed by atoms with Gasteiger partial charge in [0.25, 0.3) is 5.91 Å². The highest BCUT2D eigenvalue weighted by Gasteiger charge is 2.07. The lowest BCUT2D eigenvalue weighted by Gasteiger charge is -2.05. The molecule has 0 aliphatic rings. The second-order valence-corrected chi connectivity index (χ2v) is 4.22. The van der Waals surface area contributed by atoms with Crippen molar-refractivity contribution in [2.24, 2.45) is 0 Å². The molecule has 0 saturated heterocycles. The zero-order valence-corrected chi connectivity index (χ0v) is 10.4. The predicted octanol–water partition coefficient (Wildman–Crippen LogP) is 3.28. The van der Waals surface area contributed by atoms with Gasteiger partial charge in [0.2, 0.25) is 0 Å². The van der Waals surface area contributed by atoms with E-state index in [-0.39, 0.29) is 5.91 Å². The van der Waals surface area contributed by atoms with E-state index in [0.29, 0.717) is 21.3 Å². The number of carbonyl (C=O) groups excluding carboxylic acids is 1. The Kier molecular flexibility index (Phi) is 3.66. The number of benzene rings is 1. The minimum atomic E-state index is -0.263. The maximum atomic E-state index is 11.8. The van der Waals surface area contributed by atoms with E-state index in [1.165, 1.54) is 0 Å². The number of hydrogen-bond donors (Lipinski definition) is 2. The van der Waals surface area contributed by atoms with Crippen molar-refractivity contribution in [2.75, 3.05) is 5.32 Å². The van der Waals surface area contributed by atoms with Gasteiger partial charge in [0.1, 0.15) is 5.69 Å². The number of nitrogens with zero attached hydrogens (tertiary/aromatic N) is 1. The monoisotopic (exact) mass is 264 g/mol. The van der Waals surface area contributed by atoms with Gasteiger partial charge in [0.05, 0.1) is 5.02 Å². The number of anilines is 1. The summed E-state index contributed by atoms with van der Waals surface area (Å²) in [5, 5.41) is 3.26. The summed E-state index contributed by atoms with van der Waals surface area (Å²) in [7, 11) is 0. The zero-order chi connectivity index (χ0) is 12.3. The Balaban J connectivity index is 2.16. The highest BCUT2D eigenvalue weighted by atomic mass is 35.5. The number of thiol groups is 1. The smallest absolute Gasteiger partial charge is 0.274 e. The summed E-state index contributed by atoms with van der Waals surface area (Å²) in [6.45, 7) is 0. The van der Waals surface area contributed by atoms with E-state index in [9.17, 15) is 4.79 Å². The van der Waals surface area contributed by atoms with Crippen LogP contribution in [0.4, 0.5) is 5.69 Å². The van der Waals surface area contributed by atoms with Crippen LogP contribution in [-0.4, -0.2) is 10.9 Å². The summed E-state index contributed by atoms with van der Waals surface area (Å²) in [5.41, 5.74) is 0.998. The molecule has 0 unspecified atom stereocenters. The molecule has 1 aromatic carbocycles. The van der Waals surface area contributed by atoms with Crippen LogP contribution in [0.2, 0.25) is 5.02 Å². The van der Waals surface area contributed by atoms with Gasteiger partial charge < -0.3 is 5.32 Å². The highest BCUT2D eigenvalue weighted by Crippen LogP contribution is 2.23. The topological polar surface area (TPSA) is 42.0 Å². The van der Waals surface area contributed by atoms with Crippen LogP contribution >= 0.6 is 24.2 Å². The number of hydrogen-bond acceptors (Lipinski definition) is 3. The largest absolute Gasteiger partial charge is 0.321 e. The van der Waals surface area contributed by atoms with Gasteiger partial charge in [0, 0.05) is 16.8 Å². The maximum Gasteiger partial charge on any atom is 0.274 e. The summed E-state index contributed by atoms with van der Waals surface area (Å²) in [6, 6.07) is 10.2. The summed E-state index contributed by atoms with van der Waals surface area (Å²) in [6.07, 6.45) is 1.57. The first-order valence-electron chi connectivity index (χ1n) is 4.88. The fraction of sp³-hybridized carbons (Fsp3) is 0. The first kappa shape index (κ1) is 12.0. The van der Waals surface area contributed by atoms with Gasteiger partial charge in [-0.1, -0.05) is 17.7 Å². The molecule has 5 heteroatoms. The van der Waals surface area contributed by atoms with Crippen LogP contribution in [0.25, 0.3) is 0 Å². The Morgan fingerprint density at radius 2 is 2.12 bits per heavy atom. The fourth-order valence-electron chi connectivity index (χ4n) is 1.28. The Labute approximate surface area is 109 Å². The van der Waals surface area contributed by atoms with E-state index in [1.807, 2.05) is 0 Å². The molecule has 0 bridgehead atoms. The lowest BCUT2D eigenvalue weighted by atomic mass is 10.3. The highest BCUT2D eigenvalue weighted by molar-refractivity contribution is 7.80. The van der Waals surface area contributed by atoms with Crippen LogP contribution in [0.5, 0.6) is 0 Å². The quantitative estimate of drug-likeness (QED) is 0.818. The Morgan fingerprint density at radius 3 is 2.76 bits per heavy atom. The number of nitrogens with one attached hydrogen (secondary N) is 1. The third-order valence-corrected chi connectivity index (χ3v) is 2.93. The SMILES string of the molecule is O=C(Nc1ccc(Cl)c(S)c1)c1ccccn1. The van der Waals surface area contributed by atoms with Crippen LogP contribution in [0.1, 0.15) is 10.5 Å². The maximum absolute atomic E-state index is 11.8. The molecule has 0 spiro atoms. The van der Waals surface area contributed by atoms with Gasteiger partial charge in [-0.2, -0.15) is 0 Å². The third-order valence-electron chi connectivity index (χ3n) is 2.10. The van der Waals surface area contributed by atoms with Crippen molar-refractivity contribution in [3.63, 3.8) is 0 Å². The van der Waals surface area contributed by atoms with Gasteiger partial charge in [-0.05, 0) is 30.3 Å². The molecule has 0 fully saturated rings. The number of rotatable bonds is 2. The van der Waals surface area contributed by atoms with Crippen LogP contribution in [0, 0.1) is 0 Å². The Morgan fingerprint density at radius 1 is 1.29 bits per heavy atom. The Hall–Kier alpha value is -1.52. The third kappa shape index (κ3) is 2.99. The standard InChI is InChI=1S/C12H9ClN2OS/c13-9-5-4-8(7-11(9)17)15-12(16)10-3-1-2-6-14-10/h1-7,17H,(H,15,16). The lowest BCUT2D eigenvalue weighted by Crippen LogP contribution is -2.13. The van der Waals surface area contributed by atoms with Gasteiger partial charge in [-0.15, -0.1) is 12.6 Å². The molecule has 2 aromatic rings. The molecule has 0 atom stereocenters. The van der Waals surface area contributed by atoms with Gasteiger partial charge in [-0.3, -0.25) is 9.78 Å². The van der Waals surface area contributed by atoms with Crippen LogP contribution in [0.3, 0.4) is 0 Å². The van der Waals surface area contributed by atoms with Crippen LogP contribution < -0.4 is 5.32 Å². The van der Waals surface area contributed by atoms with E-state index in [4.69, 9.17) is 11.6 Å². The summed E-state index contributed by atoms with van der Waals surface area (Å²) < 4.78 is 0. The number of pyridine rings is 1. The number of aromatic nitrogens is 1. The van der Waals surface area contributed by atoms with Crippen molar-refractivity contribution in [3.8, 4) is 0 Å². The normalized spacial score (nSPS) is 10.0. The molecular formula is C12H9ClN2OS. The molecule has 1 N–H and O–H groups in total. The molecule has 0 aliphatic heterocycles. The van der Waals surface area contributed by atoms with E-state index in [0.717, 1.165) is 0 Å². The van der Waals surface area contributed by atoms with Gasteiger partial charge >= 0.3 is 0 Å². The minimum absolute atomic E-state index is 0.263. The predicted molar refractivity (Wildman–Crippen MR) is 70.9 cm³/mol. The molecule has 0 saturated carbocycles. The molecule has 17 heavy (non-hydrogen) atoms. The molecule has 0 radical (unpaired) electrons. The molecule has 1 amide bonds. The fourth-order valence-corrected chi connectivity index (χ4v) is 1.61. The number of carbonyl (C=O) groups is 1. The van der Waals surface area contributed by atoms with Gasteiger partial charge in [0.15, 0.2) is 0 Å². The van der Waals surface area contributed by atoms with Gasteiger partial charge in [-0.25, -0.2) is 0 Å². The minimum Gasteiger partial charge on any atom is -0.321 e. The molecule has 1 aromatic heterocycles. The second kappa shape index (κ2) is 5.21. The van der Waals surface area contributed by atoms with E-state index in [2.05, 4.69) is 22.9 Å². The molecule has 3 nitrogen and oxygen atoms in total. The van der Waals surface area contributed by atoms with Crippen molar-refractivity contribution < 1.29 is 4.79 Å². The summed E-state index contributed by atoms with van der Waals surface area (Å²) >= 11 is 10.0. The van der Waals surface area contributed by atoms with Crippen molar-refractivity contribution in [2.45, 2.75) is 4.90 Å². The van der Waals surface area contributed by atoms with Crippen molar-refractivity contribution in [1.82, 2.24) is 4.98 Å². The van der Waals surface area contributed by atoms with E-state index in [1.54, 1.807) is 42.6 Å². The Bertz CT molecular complexity index is 545. The average molecular weight is 265 g/mol. The molecule has 2 rings (SSSR count). The number of halogens is 1. The second-order valence-electron chi connectivity index (χ2n) is 3.34. The molecule has 86 valence electrons. The molecular weight excluding hydrogens is 256 g/mol. The van der Waals surface area contributed by atoms with Crippen molar-refractivity contribution >= 4 is 35.8 Å². The molecule has 0 aliphatic carbocycles.